The Kier molecular flexibility index (Phi) is 8.94. The third-order valence-corrected chi connectivity index (χ3v) is 4.75. The van der Waals surface area contributed by atoms with Crippen LogP contribution in [0.25, 0.3) is 0 Å². The van der Waals surface area contributed by atoms with Crippen molar-refractivity contribution in [1.82, 2.24) is 5.32 Å². The fourth-order valence-corrected chi connectivity index (χ4v) is 2.80. The topological polar surface area (TPSA) is 55.1 Å². The number of hydrogen-bond acceptors (Lipinski definition) is 3. The van der Waals surface area contributed by atoms with Crippen LogP contribution in [0.15, 0.2) is 23.1 Å². The fraction of sp³-hybridized carbons (Fsp3) is 0.533. The first-order chi connectivity index (χ1) is 9.52. The second-order valence-corrected chi connectivity index (χ2v) is 5.68. The van der Waals surface area contributed by atoms with Crippen LogP contribution in [-0.4, -0.2) is 18.7 Å². The van der Waals surface area contributed by atoms with Gasteiger partial charge in [-0.15, -0.1) is 24.2 Å². The number of carbonyl (C=O) groups is 1. The van der Waals surface area contributed by atoms with Crippen molar-refractivity contribution in [2.45, 2.75) is 38.1 Å². The minimum Gasteiger partial charge on any atom is -0.351 e. The Bertz CT molecular complexity index is 459. The number of nitrogens with two attached hydrogens (primary N) is 1. The van der Waals surface area contributed by atoms with Gasteiger partial charge < -0.3 is 11.1 Å². The standard InChI is InChI=1S/C15H23FN2OS.ClH/c1-4-15(5-2,10-17)14(19)18-9-11-8-12(16)6-7-13(11)20-3;/h6-8H,4-5,9-10,17H2,1-3H3,(H,18,19);1H. The molecule has 21 heavy (non-hydrogen) atoms. The fourth-order valence-electron chi connectivity index (χ4n) is 2.20. The predicted molar refractivity (Wildman–Crippen MR) is 89.3 cm³/mol. The summed E-state index contributed by atoms with van der Waals surface area (Å²) in [7, 11) is 0. The van der Waals surface area contributed by atoms with Gasteiger partial charge >= 0.3 is 0 Å². The third-order valence-electron chi connectivity index (χ3n) is 3.91. The highest BCUT2D eigenvalue weighted by Crippen LogP contribution is 2.26. The average molecular weight is 335 g/mol. The van der Waals surface area contributed by atoms with Crippen LogP contribution in [0.2, 0.25) is 0 Å². The van der Waals surface area contributed by atoms with E-state index >= 15 is 0 Å². The van der Waals surface area contributed by atoms with Crippen molar-refractivity contribution in [1.29, 1.82) is 0 Å². The van der Waals surface area contributed by atoms with Crippen molar-refractivity contribution in [3.63, 3.8) is 0 Å². The van der Waals surface area contributed by atoms with Crippen LogP contribution in [-0.2, 0) is 11.3 Å². The van der Waals surface area contributed by atoms with Gasteiger partial charge in [-0.25, -0.2) is 4.39 Å². The van der Waals surface area contributed by atoms with Gasteiger partial charge in [0.25, 0.3) is 0 Å². The van der Waals surface area contributed by atoms with E-state index in [2.05, 4.69) is 5.32 Å². The number of nitrogens with one attached hydrogen (secondary N) is 1. The summed E-state index contributed by atoms with van der Waals surface area (Å²) in [5, 5.41) is 2.90. The lowest BCUT2D eigenvalue weighted by Crippen LogP contribution is -2.45. The second kappa shape index (κ2) is 9.28. The number of hydrogen-bond donors (Lipinski definition) is 2. The van der Waals surface area contributed by atoms with Crippen LogP contribution in [0, 0.1) is 11.2 Å². The molecule has 0 spiro atoms. The zero-order valence-corrected chi connectivity index (χ0v) is 14.4. The quantitative estimate of drug-likeness (QED) is 0.752. The molecule has 0 saturated heterocycles. The molecule has 0 radical (unpaired) electrons. The molecule has 120 valence electrons. The lowest BCUT2D eigenvalue weighted by molar-refractivity contribution is -0.131. The number of benzene rings is 1. The molecule has 0 saturated carbocycles. The predicted octanol–water partition coefficient (Wildman–Crippen LogP) is 3.35. The summed E-state index contributed by atoms with van der Waals surface area (Å²) in [5.41, 5.74) is 6.03. The Labute approximate surface area is 136 Å². The average Bonchev–Trinajstić information content (AvgIpc) is 2.47. The maximum Gasteiger partial charge on any atom is 0.227 e. The Hall–Kier alpha value is -0.780. The van der Waals surface area contributed by atoms with Gasteiger partial charge in [0.1, 0.15) is 5.82 Å². The van der Waals surface area contributed by atoms with E-state index in [9.17, 15) is 9.18 Å². The van der Waals surface area contributed by atoms with Crippen LogP contribution >= 0.6 is 24.2 Å². The van der Waals surface area contributed by atoms with E-state index < -0.39 is 5.41 Å². The minimum absolute atomic E-state index is 0. The molecule has 3 N–H and O–H groups in total. The highest BCUT2D eigenvalue weighted by molar-refractivity contribution is 7.98. The van der Waals surface area contributed by atoms with Crippen molar-refractivity contribution < 1.29 is 9.18 Å². The molecule has 0 bridgehead atoms. The van der Waals surface area contributed by atoms with Gasteiger partial charge in [0.2, 0.25) is 5.91 Å². The van der Waals surface area contributed by atoms with Crippen molar-refractivity contribution in [3.05, 3.63) is 29.6 Å². The number of carbonyl (C=O) groups excluding carboxylic acids is 1. The summed E-state index contributed by atoms with van der Waals surface area (Å²) in [5.74, 6) is -0.343. The number of rotatable bonds is 7. The molecular weight excluding hydrogens is 311 g/mol. The first kappa shape index (κ1) is 20.2. The van der Waals surface area contributed by atoms with E-state index in [0.29, 0.717) is 25.9 Å². The largest absolute Gasteiger partial charge is 0.351 e. The molecule has 1 rings (SSSR count). The zero-order chi connectivity index (χ0) is 15.2. The molecule has 0 atom stereocenters. The van der Waals surface area contributed by atoms with Crippen molar-refractivity contribution in [2.75, 3.05) is 12.8 Å². The summed E-state index contributed by atoms with van der Waals surface area (Å²) in [6.45, 7) is 4.58. The molecule has 1 aromatic carbocycles. The van der Waals surface area contributed by atoms with Gasteiger partial charge in [0, 0.05) is 18.0 Å². The van der Waals surface area contributed by atoms with Crippen molar-refractivity contribution in [3.8, 4) is 0 Å². The van der Waals surface area contributed by atoms with Crippen LogP contribution in [0.1, 0.15) is 32.3 Å². The summed E-state index contributed by atoms with van der Waals surface area (Å²) < 4.78 is 13.3. The Morgan fingerprint density at radius 1 is 1.38 bits per heavy atom. The highest BCUT2D eigenvalue weighted by atomic mass is 35.5. The summed E-state index contributed by atoms with van der Waals surface area (Å²) in [6, 6.07) is 4.63. The molecule has 3 nitrogen and oxygen atoms in total. The SMILES string of the molecule is CCC(CC)(CN)C(=O)NCc1cc(F)ccc1SC.Cl. The van der Waals surface area contributed by atoms with Crippen LogP contribution in [0.3, 0.4) is 0 Å². The van der Waals surface area contributed by atoms with E-state index in [-0.39, 0.29) is 24.1 Å². The van der Waals surface area contributed by atoms with Crippen LogP contribution < -0.4 is 11.1 Å². The molecule has 0 aliphatic rings. The van der Waals surface area contributed by atoms with Crippen LogP contribution in [0.4, 0.5) is 4.39 Å². The van der Waals surface area contributed by atoms with E-state index in [1.165, 1.54) is 23.9 Å². The van der Waals surface area contributed by atoms with Crippen LogP contribution in [0.5, 0.6) is 0 Å². The first-order valence-corrected chi connectivity index (χ1v) is 8.06. The van der Waals surface area contributed by atoms with Gasteiger partial charge in [-0.1, -0.05) is 13.8 Å². The summed E-state index contributed by atoms with van der Waals surface area (Å²) in [4.78, 5) is 13.3. The van der Waals surface area contributed by atoms with Gasteiger partial charge in [-0.3, -0.25) is 4.79 Å². The Morgan fingerprint density at radius 3 is 2.48 bits per heavy atom. The summed E-state index contributed by atoms with van der Waals surface area (Å²) in [6.07, 6.45) is 3.33. The lowest BCUT2D eigenvalue weighted by atomic mass is 9.81. The van der Waals surface area contributed by atoms with Crippen molar-refractivity contribution >= 4 is 30.1 Å². The molecule has 0 aliphatic heterocycles. The van der Waals surface area contributed by atoms with E-state index in [1.807, 2.05) is 20.1 Å². The van der Waals surface area contributed by atoms with Gasteiger partial charge in [-0.2, -0.15) is 0 Å². The number of thioether (sulfide) groups is 1. The molecule has 0 aromatic heterocycles. The zero-order valence-electron chi connectivity index (χ0n) is 12.7. The van der Waals surface area contributed by atoms with Gasteiger partial charge in [0.05, 0.1) is 5.41 Å². The number of amides is 1. The highest BCUT2D eigenvalue weighted by Gasteiger charge is 2.33. The summed E-state index contributed by atoms with van der Waals surface area (Å²) >= 11 is 1.54. The number of halogens is 2. The van der Waals surface area contributed by atoms with E-state index in [4.69, 9.17) is 5.73 Å². The molecule has 0 fully saturated rings. The van der Waals surface area contributed by atoms with Crippen molar-refractivity contribution in [2.24, 2.45) is 11.1 Å². The second-order valence-electron chi connectivity index (χ2n) is 4.83. The minimum atomic E-state index is -0.521. The normalized spacial score (nSPS) is 10.9. The Balaban J connectivity index is 0.00000400. The van der Waals surface area contributed by atoms with Gasteiger partial charge in [0.15, 0.2) is 0 Å². The third kappa shape index (κ3) is 4.87. The molecule has 0 unspecified atom stereocenters. The lowest BCUT2D eigenvalue weighted by Gasteiger charge is -2.28. The molecule has 1 amide bonds. The monoisotopic (exact) mass is 334 g/mol. The molecule has 0 heterocycles. The Morgan fingerprint density at radius 2 is 2.00 bits per heavy atom. The van der Waals surface area contributed by atoms with E-state index in [0.717, 1.165) is 10.5 Å². The molecule has 0 aliphatic carbocycles. The maximum atomic E-state index is 13.3. The molecular formula is C15H24ClFN2OS. The first-order valence-electron chi connectivity index (χ1n) is 6.83. The maximum absolute atomic E-state index is 13.3. The van der Waals surface area contributed by atoms with E-state index in [1.54, 1.807) is 6.07 Å². The smallest absolute Gasteiger partial charge is 0.227 e. The molecule has 6 heteroatoms. The molecule has 1 aromatic rings. The van der Waals surface area contributed by atoms with Gasteiger partial charge in [-0.05, 0) is 42.9 Å².